The smallest absolute Gasteiger partial charge is 0.0148 e. The molecule has 0 saturated carbocycles. The molecule has 40 valence electrons. The lowest BCUT2D eigenvalue weighted by atomic mass is 11.9. The summed E-state index contributed by atoms with van der Waals surface area (Å²) < 4.78 is 9.56. The van der Waals surface area contributed by atoms with E-state index in [-0.39, 0.29) is 0 Å². The minimum Gasteiger partial charge on any atom is -0.260 e. The summed E-state index contributed by atoms with van der Waals surface area (Å²) in [7, 11) is -0.611. The summed E-state index contributed by atoms with van der Waals surface area (Å²) in [6.07, 6.45) is 4.75. The first-order chi connectivity index (χ1) is 2.73. The third-order valence-corrected chi connectivity index (χ3v) is 0. The molecule has 1 nitrogen and oxygen atoms in total. The normalized spacial score (nSPS) is 6.83. The van der Waals surface area contributed by atoms with Crippen molar-refractivity contribution in [3.63, 3.8) is 0 Å². The highest BCUT2D eigenvalue weighted by Gasteiger charge is 1.57. The SMILES string of the molecule is CCl.CS(C)=O. The second-order valence-corrected chi connectivity index (χ2v) is 2.22. The van der Waals surface area contributed by atoms with E-state index < -0.39 is 10.8 Å². The summed E-state index contributed by atoms with van der Waals surface area (Å²) in [5, 5.41) is 0. The number of alkyl halides is 1. The summed E-state index contributed by atoms with van der Waals surface area (Å²) >= 11 is 4.64. The molecule has 0 aliphatic heterocycles. The second kappa shape index (κ2) is 9.06. The second-order valence-electron chi connectivity index (χ2n) is 0.742. The fourth-order valence-corrected chi connectivity index (χ4v) is 0. The molecule has 0 N–H and O–H groups in total. The van der Waals surface area contributed by atoms with Crippen LogP contribution in [0.2, 0.25) is 0 Å². The van der Waals surface area contributed by atoms with Crippen molar-refractivity contribution >= 4 is 22.4 Å². The van der Waals surface area contributed by atoms with Crippen LogP contribution in [0.5, 0.6) is 0 Å². The average Bonchev–Trinajstić information content (AvgIpc) is 1.41. The van der Waals surface area contributed by atoms with Crippen LogP contribution < -0.4 is 0 Å². The van der Waals surface area contributed by atoms with Crippen molar-refractivity contribution in [2.24, 2.45) is 0 Å². The molecule has 0 aromatic rings. The molecule has 0 aliphatic carbocycles. The molecule has 0 radical (unpaired) electrons. The third kappa shape index (κ3) is 271. The van der Waals surface area contributed by atoms with Crippen LogP contribution in [0.25, 0.3) is 0 Å². The predicted octanol–water partition coefficient (Wildman–Crippen LogP) is 0.850. The molecule has 0 saturated heterocycles. The molecule has 0 unspecified atom stereocenters. The first kappa shape index (κ1) is 9.67. The van der Waals surface area contributed by atoms with Crippen LogP contribution in [0.3, 0.4) is 0 Å². The Morgan fingerprint density at radius 2 is 1.33 bits per heavy atom. The minimum absolute atomic E-state index is 0.611. The molecule has 0 aromatic heterocycles. The Morgan fingerprint density at radius 1 is 1.33 bits per heavy atom. The topological polar surface area (TPSA) is 17.1 Å². The van der Waals surface area contributed by atoms with Crippen LogP contribution in [0.1, 0.15) is 0 Å². The van der Waals surface area contributed by atoms with Crippen LogP contribution >= 0.6 is 11.6 Å². The van der Waals surface area contributed by atoms with E-state index >= 15 is 0 Å². The maximum Gasteiger partial charge on any atom is 0.0148 e. The molecular weight excluding hydrogens is 120 g/mol. The molecule has 0 aliphatic rings. The van der Waals surface area contributed by atoms with Gasteiger partial charge >= 0.3 is 0 Å². The maximum atomic E-state index is 9.56. The van der Waals surface area contributed by atoms with Crippen molar-refractivity contribution in [2.45, 2.75) is 0 Å². The van der Waals surface area contributed by atoms with E-state index in [1.54, 1.807) is 12.5 Å². The van der Waals surface area contributed by atoms with E-state index in [1.165, 1.54) is 6.38 Å². The van der Waals surface area contributed by atoms with Crippen molar-refractivity contribution in [2.75, 3.05) is 18.9 Å². The molecule has 0 fully saturated rings. The zero-order chi connectivity index (χ0) is 5.58. The lowest BCUT2D eigenvalue weighted by Crippen LogP contribution is -1.70. The van der Waals surface area contributed by atoms with Gasteiger partial charge in [-0.1, -0.05) is 0 Å². The van der Waals surface area contributed by atoms with Crippen molar-refractivity contribution < 1.29 is 4.21 Å². The highest BCUT2D eigenvalue weighted by atomic mass is 35.5. The molecule has 0 heterocycles. The molecule has 0 aromatic carbocycles. The van der Waals surface area contributed by atoms with Crippen LogP contribution in [-0.2, 0) is 10.8 Å². The van der Waals surface area contributed by atoms with Gasteiger partial charge in [-0.3, -0.25) is 4.21 Å². The van der Waals surface area contributed by atoms with E-state index in [1.807, 2.05) is 0 Å². The first-order valence-corrected chi connectivity index (χ1v) is 4.08. The van der Waals surface area contributed by atoms with E-state index in [4.69, 9.17) is 0 Å². The van der Waals surface area contributed by atoms with E-state index in [0.717, 1.165) is 0 Å². The lowest BCUT2D eigenvalue weighted by Gasteiger charge is -1.60. The van der Waals surface area contributed by atoms with Crippen LogP contribution in [0, 0.1) is 0 Å². The van der Waals surface area contributed by atoms with Gasteiger partial charge in [0.1, 0.15) is 0 Å². The van der Waals surface area contributed by atoms with Gasteiger partial charge in [0, 0.05) is 29.7 Å². The molecule has 6 heavy (non-hydrogen) atoms. The van der Waals surface area contributed by atoms with Crippen molar-refractivity contribution in [3.8, 4) is 0 Å². The third-order valence-electron chi connectivity index (χ3n) is 0. The maximum absolute atomic E-state index is 9.56. The Hall–Kier alpha value is 0.440. The highest BCUT2D eigenvalue weighted by Crippen LogP contribution is 1.47. The Balaban J connectivity index is 0. The summed E-state index contributed by atoms with van der Waals surface area (Å²) in [6, 6.07) is 0. The van der Waals surface area contributed by atoms with E-state index in [2.05, 4.69) is 11.6 Å². The molecule has 0 bridgehead atoms. The summed E-state index contributed by atoms with van der Waals surface area (Å²) in [5.74, 6) is 0. The quantitative estimate of drug-likeness (QED) is 0.442. The largest absolute Gasteiger partial charge is 0.260 e. The van der Waals surface area contributed by atoms with Crippen molar-refractivity contribution in [1.29, 1.82) is 0 Å². The first-order valence-electron chi connectivity index (χ1n) is 1.36. The summed E-state index contributed by atoms with van der Waals surface area (Å²) in [4.78, 5) is 0. The highest BCUT2D eigenvalue weighted by molar-refractivity contribution is 7.83. The molecule has 0 rings (SSSR count). The Kier molecular flexibility index (Phi) is 14.6. The van der Waals surface area contributed by atoms with Crippen molar-refractivity contribution in [3.05, 3.63) is 0 Å². The fraction of sp³-hybridized carbons (Fsp3) is 1.00. The van der Waals surface area contributed by atoms with Gasteiger partial charge in [0.2, 0.25) is 0 Å². The van der Waals surface area contributed by atoms with E-state index in [0.29, 0.717) is 0 Å². The fourth-order valence-electron chi connectivity index (χ4n) is 0. The van der Waals surface area contributed by atoms with Gasteiger partial charge in [-0.15, -0.1) is 11.6 Å². The molecular formula is C3H9ClOS. The number of hydrogen-bond donors (Lipinski definition) is 0. The van der Waals surface area contributed by atoms with Gasteiger partial charge in [-0.2, -0.15) is 0 Å². The summed E-state index contributed by atoms with van der Waals surface area (Å²) in [5.41, 5.74) is 0. The van der Waals surface area contributed by atoms with Crippen LogP contribution in [0.15, 0.2) is 0 Å². The standard InChI is InChI=1S/C2H6OS.CH3Cl/c1-4(2)3;1-2/h1-2H3;1H3. The lowest BCUT2D eigenvalue weighted by molar-refractivity contribution is 0.690. The van der Waals surface area contributed by atoms with Crippen LogP contribution in [-0.4, -0.2) is 23.1 Å². The molecule has 0 spiro atoms. The Labute approximate surface area is 46.2 Å². The number of hydrogen-bond acceptors (Lipinski definition) is 1. The zero-order valence-corrected chi connectivity index (χ0v) is 5.77. The van der Waals surface area contributed by atoms with Gasteiger partial charge in [0.15, 0.2) is 0 Å². The van der Waals surface area contributed by atoms with Gasteiger partial charge in [-0.25, -0.2) is 0 Å². The minimum atomic E-state index is -0.611. The van der Waals surface area contributed by atoms with Crippen molar-refractivity contribution in [1.82, 2.24) is 0 Å². The molecule has 0 atom stereocenters. The number of rotatable bonds is 0. The Bertz CT molecular complexity index is 33.8. The van der Waals surface area contributed by atoms with Gasteiger partial charge in [0.25, 0.3) is 0 Å². The zero-order valence-electron chi connectivity index (χ0n) is 4.19. The summed E-state index contributed by atoms with van der Waals surface area (Å²) in [6.45, 7) is 0. The van der Waals surface area contributed by atoms with Gasteiger partial charge < -0.3 is 0 Å². The number of halogens is 1. The average molecular weight is 129 g/mol. The monoisotopic (exact) mass is 128 g/mol. The predicted molar refractivity (Wildman–Crippen MR) is 31.8 cm³/mol. The van der Waals surface area contributed by atoms with Crippen LogP contribution in [0.4, 0.5) is 0 Å². The van der Waals surface area contributed by atoms with Gasteiger partial charge in [0.05, 0.1) is 0 Å². The Morgan fingerprint density at radius 3 is 1.33 bits per heavy atom. The van der Waals surface area contributed by atoms with E-state index in [9.17, 15) is 4.21 Å². The van der Waals surface area contributed by atoms with Gasteiger partial charge in [-0.05, 0) is 0 Å². The molecule has 0 amide bonds. The molecule has 3 heteroatoms.